The maximum atomic E-state index is 12.5. The van der Waals surface area contributed by atoms with E-state index in [2.05, 4.69) is 0 Å². The average molecular weight is 465 g/mol. The number of benzene rings is 3. The monoisotopic (exact) mass is 464 g/mol. The molecule has 156 valence electrons. The van der Waals surface area contributed by atoms with Gasteiger partial charge in [-0.1, -0.05) is 59.1 Å². The molecule has 3 aromatic rings. The van der Waals surface area contributed by atoms with Gasteiger partial charge in [-0.25, -0.2) is 0 Å². The molecule has 0 unspecified atom stereocenters. The van der Waals surface area contributed by atoms with Gasteiger partial charge < -0.3 is 9.47 Å². The van der Waals surface area contributed by atoms with Crippen LogP contribution in [0.2, 0.25) is 10.0 Å². The maximum Gasteiger partial charge on any atom is 0.297 e. The summed E-state index contributed by atoms with van der Waals surface area (Å²) in [5.41, 5.74) is 2.35. The minimum absolute atomic E-state index is 0.0915. The lowest BCUT2D eigenvalue weighted by Crippen LogP contribution is -2.34. The van der Waals surface area contributed by atoms with E-state index < -0.39 is 16.2 Å². The Morgan fingerprint density at radius 3 is 2.50 bits per heavy atom. The third-order valence-corrected chi connectivity index (χ3v) is 6.46. The first kappa shape index (κ1) is 21.0. The molecular weight excluding hydrogens is 447 g/mol. The lowest BCUT2D eigenvalue weighted by atomic mass is 10.0. The lowest BCUT2D eigenvalue weighted by Gasteiger charge is -2.28. The van der Waals surface area contributed by atoms with Crippen molar-refractivity contribution < 1.29 is 22.1 Å². The Balaban J connectivity index is 1.56. The normalized spacial score (nSPS) is 15.8. The molecule has 0 spiro atoms. The van der Waals surface area contributed by atoms with Crippen LogP contribution in [0, 0.1) is 6.92 Å². The van der Waals surface area contributed by atoms with Crippen molar-refractivity contribution in [1.82, 2.24) is 0 Å². The van der Waals surface area contributed by atoms with E-state index in [1.54, 1.807) is 30.3 Å². The van der Waals surface area contributed by atoms with Crippen molar-refractivity contribution in [1.29, 1.82) is 0 Å². The highest BCUT2D eigenvalue weighted by molar-refractivity contribution is 7.86. The van der Waals surface area contributed by atoms with Crippen LogP contribution in [0.25, 0.3) is 11.1 Å². The van der Waals surface area contributed by atoms with Crippen molar-refractivity contribution in [2.75, 3.05) is 13.2 Å². The number of rotatable bonds is 5. The van der Waals surface area contributed by atoms with Crippen LogP contribution >= 0.6 is 23.2 Å². The van der Waals surface area contributed by atoms with Crippen LogP contribution in [0.15, 0.2) is 65.6 Å². The van der Waals surface area contributed by atoms with E-state index in [0.29, 0.717) is 27.1 Å². The summed E-state index contributed by atoms with van der Waals surface area (Å²) in [6.45, 7) is 1.81. The van der Waals surface area contributed by atoms with Crippen molar-refractivity contribution in [3.05, 3.63) is 76.3 Å². The highest BCUT2D eigenvalue weighted by atomic mass is 35.5. The van der Waals surface area contributed by atoms with Gasteiger partial charge in [-0.3, -0.25) is 4.18 Å². The van der Waals surface area contributed by atoms with E-state index in [0.717, 1.165) is 11.1 Å². The molecular formula is C22H18Cl2O5S. The van der Waals surface area contributed by atoms with Crippen molar-refractivity contribution >= 4 is 33.3 Å². The molecule has 0 fully saturated rings. The van der Waals surface area contributed by atoms with Gasteiger partial charge >= 0.3 is 0 Å². The Morgan fingerprint density at radius 1 is 1.03 bits per heavy atom. The average Bonchev–Trinajstić information content (AvgIpc) is 2.72. The second-order valence-corrected chi connectivity index (χ2v) is 9.32. The molecule has 0 amide bonds. The second-order valence-electron chi connectivity index (χ2n) is 6.86. The van der Waals surface area contributed by atoms with Crippen LogP contribution in [-0.2, 0) is 14.3 Å². The van der Waals surface area contributed by atoms with Gasteiger partial charge in [0.15, 0.2) is 17.6 Å². The zero-order valence-corrected chi connectivity index (χ0v) is 18.3. The van der Waals surface area contributed by atoms with E-state index in [1.165, 1.54) is 12.1 Å². The van der Waals surface area contributed by atoms with E-state index in [4.69, 9.17) is 36.9 Å². The number of ether oxygens (including phenoxy) is 2. The molecule has 1 atom stereocenters. The SMILES string of the molecule is Cc1ccc(S(=O)(=O)OC[C@H]2COc3cc(Cl)cc(-c4ccccc4Cl)c3O2)cc1. The van der Waals surface area contributed by atoms with Crippen molar-refractivity contribution in [3.63, 3.8) is 0 Å². The van der Waals surface area contributed by atoms with Gasteiger partial charge in [0, 0.05) is 27.2 Å². The summed E-state index contributed by atoms with van der Waals surface area (Å²) in [6.07, 6.45) is -0.625. The van der Waals surface area contributed by atoms with Crippen LogP contribution in [0.3, 0.4) is 0 Å². The Bertz CT molecular complexity index is 1180. The van der Waals surface area contributed by atoms with Crippen LogP contribution in [0.1, 0.15) is 5.56 Å². The van der Waals surface area contributed by atoms with Crippen LogP contribution < -0.4 is 9.47 Å². The van der Waals surface area contributed by atoms with Crippen molar-refractivity contribution in [2.24, 2.45) is 0 Å². The summed E-state index contributed by atoms with van der Waals surface area (Å²) in [6, 6.07) is 17.1. The Kier molecular flexibility index (Phi) is 5.93. The van der Waals surface area contributed by atoms with Gasteiger partial charge in [0.25, 0.3) is 10.1 Å². The largest absolute Gasteiger partial charge is 0.486 e. The molecule has 0 saturated heterocycles. The standard InChI is InChI=1S/C22H18Cl2O5S/c1-14-6-8-17(9-7-14)30(25,26)28-13-16-12-27-21-11-15(23)10-19(22(21)29-16)18-4-2-3-5-20(18)24/h2-11,16H,12-13H2,1H3/t16-/m1/s1. The molecule has 0 aliphatic carbocycles. The van der Waals surface area contributed by atoms with Crippen molar-refractivity contribution in [2.45, 2.75) is 17.9 Å². The molecule has 1 aliphatic heterocycles. The number of hydrogen-bond donors (Lipinski definition) is 0. The van der Waals surface area contributed by atoms with Gasteiger partial charge in [0.05, 0.1) is 4.90 Å². The topological polar surface area (TPSA) is 61.8 Å². The van der Waals surface area contributed by atoms with E-state index in [9.17, 15) is 8.42 Å². The fourth-order valence-electron chi connectivity index (χ4n) is 3.08. The fraction of sp³-hybridized carbons (Fsp3) is 0.182. The van der Waals surface area contributed by atoms with Gasteiger partial charge in [-0.2, -0.15) is 8.42 Å². The van der Waals surface area contributed by atoms with Crippen molar-refractivity contribution in [3.8, 4) is 22.6 Å². The highest BCUT2D eigenvalue weighted by Gasteiger charge is 2.28. The predicted molar refractivity (Wildman–Crippen MR) is 116 cm³/mol. The van der Waals surface area contributed by atoms with Gasteiger partial charge in [0.1, 0.15) is 13.2 Å². The van der Waals surface area contributed by atoms with Gasteiger partial charge in [-0.15, -0.1) is 0 Å². The second kappa shape index (κ2) is 8.47. The third-order valence-electron chi connectivity index (χ3n) is 4.61. The van der Waals surface area contributed by atoms with E-state index in [1.807, 2.05) is 25.1 Å². The highest BCUT2D eigenvalue weighted by Crippen LogP contribution is 2.45. The molecule has 30 heavy (non-hydrogen) atoms. The van der Waals surface area contributed by atoms with Gasteiger partial charge in [0.2, 0.25) is 0 Å². The zero-order valence-electron chi connectivity index (χ0n) is 16.0. The summed E-state index contributed by atoms with van der Waals surface area (Å²) in [7, 11) is -3.91. The zero-order chi connectivity index (χ0) is 21.3. The van der Waals surface area contributed by atoms with Crippen LogP contribution in [-0.4, -0.2) is 27.7 Å². The minimum Gasteiger partial charge on any atom is -0.486 e. The molecule has 1 heterocycles. The Labute approximate surface area is 185 Å². The molecule has 0 bridgehead atoms. The van der Waals surface area contributed by atoms with Crippen LogP contribution in [0.4, 0.5) is 0 Å². The van der Waals surface area contributed by atoms with Crippen LogP contribution in [0.5, 0.6) is 11.5 Å². The first-order chi connectivity index (χ1) is 14.3. The Morgan fingerprint density at radius 2 is 1.77 bits per heavy atom. The molecule has 8 heteroatoms. The fourth-order valence-corrected chi connectivity index (χ4v) is 4.46. The van der Waals surface area contributed by atoms with Gasteiger partial charge in [-0.05, 0) is 31.2 Å². The third kappa shape index (κ3) is 4.42. The molecule has 4 rings (SSSR count). The predicted octanol–water partition coefficient (Wildman–Crippen LogP) is 5.51. The number of fused-ring (bicyclic) bond motifs is 1. The molecule has 0 radical (unpaired) electrons. The summed E-state index contributed by atoms with van der Waals surface area (Å²) in [4.78, 5) is 0.0915. The Hall–Kier alpha value is -2.25. The molecule has 0 saturated carbocycles. The molecule has 1 aliphatic rings. The number of halogens is 2. The number of hydrogen-bond acceptors (Lipinski definition) is 5. The maximum absolute atomic E-state index is 12.5. The van der Waals surface area contributed by atoms with E-state index in [-0.39, 0.29) is 18.1 Å². The smallest absolute Gasteiger partial charge is 0.297 e. The summed E-state index contributed by atoms with van der Waals surface area (Å²) in [5.74, 6) is 0.912. The summed E-state index contributed by atoms with van der Waals surface area (Å²) in [5, 5.41) is 1.01. The van der Waals surface area contributed by atoms with E-state index >= 15 is 0 Å². The molecule has 3 aromatic carbocycles. The lowest BCUT2D eigenvalue weighted by molar-refractivity contribution is 0.0561. The summed E-state index contributed by atoms with van der Waals surface area (Å²) < 4.78 is 42.0. The minimum atomic E-state index is -3.91. The molecule has 0 N–H and O–H groups in total. The number of aryl methyl sites for hydroxylation is 1. The quantitative estimate of drug-likeness (QED) is 0.465. The molecule has 5 nitrogen and oxygen atoms in total. The first-order valence-electron chi connectivity index (χ1n) is 9.17. The molecule has 0 aromatic heterocycles. The summed E-state index contributed by atoms with van der Waals surface area (Å²) >= 11 is 12.6. The first-order valence-corrected chi connectivity index (χ1v) is 11.3.